The van der Waals surface area contributed by atoms with E-state index in [1.54, 1.807) is 6.20 Å². The number of carbonyl (C=O) groups is 2. The van der Waals surface area contributed by atoms with Crippen molar-refractivity contribution in [2.45, 2.75) is 13.3 Å². The molecule has 0 saturated heterocycles. The maximum Gasteiger partial charge on any atom is 0.315 e. The standard InChI is InChI=1S/C11H14N2O3/c1-8(11(15)16)10(14)13-7-5-9-4-2-3-6-12-9/h2-4,6,8H,5,7H2,1H3,(H,13,14)(H,15,16). The fourth-order valence-electron chi connectivity index (χ4n) is 1.13. The lowest BCUT2D eigenvalue weighted by Crippen LogP contribution is -2.34. The van der Waals surface area contributed by atoms with E-state index in [2.05, 4.69) is 10.3 Å². The zero-order valence-electron chi connectivity index (χ0n) is 9.01. The van der Waals surface area contributed by atoms with E-state index >= 15 is 0 Å². The number of hydrogen-bond donors (Lipinski definition) is 2. The second-order valence-electron chi connectivity index (χ2n) is 3.42. The number of hydrogen-bond acceptors (Lipinski definition) is 3. The number of carboxylic acids is 1. The van der Waals surface area contributed by atoms with Crippen LogP contribution in [0.15, 0.2) is 24.4 Å². The highest BCUT2D eigenvalue weighted by Crippen LogP contribution is 1.96. The third-order valence-electron chi connectivity index (χ3n) is 2.17. The van der Waals surface area contributed by atoms with Gasteiger partial charge >= 0.3 is 5.97 Å². The highest BCUT2D eigenvalue weighted by molar-refractivity contribution is 5.96. The van der Waals surface area contributed by atoms with Gasteiger partial charge in [-0.2, -0.15) is 0 Å². The Labute approximate surface area is 93.5 Å². The molecule has 1 amide bonds. The van der Waals surface area contributed by atoms with E-state index in [0.717, 1.165) is 5.69 Å². The van der Waals surface area contributed by atoms with Crippen LogP contribution in [0.3, 0.4) is 0 Å². The molecule has 1 heterocycles. The van der Waals surface area contributed by atoms with Gasteiger partial charge < -0.3 is 10.4 Å². The highest BCUT2D eigenvalue weighted by atomic mass is 16.4. The van der Waals surface area contributed by atoms with Crippen molar-refractivity contribution in [3.05, 3.63) is 30.1 Å². The lowest BCUT2D eigenvalue weighted by molar-refractivity contribution is -0.146. The normalized spacial score (nSPS) is 11.8. The third-order valence-corrected chi connectivity index (χ3v) is 2.17. The second-order valence-corrected chi connectivity index (χ2v) is 3.42. The molecular formula is C11H14N2O3. The number of rotatable bonds is 5. The van der Waals surface area contributed by atoms with Crippen molar-refractivity contribution in [2.24, 2.45) is 5.92 Å². The minimum Gasteiger partial charge on any atom is -0.481 e. The first-order chi connectivity index (χ1) is 7.61. The molecule has 1 rings (SSSR count). The molecule has 0 radical (unpaired) electrons. The van der Waals surface area contributed by atoms with E-state index < -0.39 is 17.8 Å². The molecule has 0 aliphatic heterocycles. The van der Waals surface area contributed by atoms with Crippen LogP contribution in [0, 0.1) is 5.92 Å². The number of pyridine rings is 1. The number of nitrogens with one attached hydrogen (secondary N) is 1. The summed E-state index contributed by atoms with van der Waals surface area (Å²) >= 11 is 0. The van der Waals surface area contributed by atoms with E-state index in [0.29, 0.717) is 13.0 Å². The Morgan fingerprint density at radius 2 is 2.25 bits per heavy atom. The SMILES string of the molecule is CC(C(=O)O)C(=O)NCCc1ccccn1. The summed E-state index contributed by atoms with van der Waals surface area (Å²) in [7, 11) is 0. The summed E-state index contributed by atoms with van der Waals surface area (Å²) in [5.74, 6) is -2.59. The predicted octanol–water partition coefficient (Wildman–Crippen LogP) is 0.461. The van der Waals surface area contributed by atoms with E-state index in [4.69, 9.17) is 5.11 Å². The topological polar surface area (TPSA) is 79.3 Å². The van der Waals surface area contributed by atoms with Crippen molar-refractivity contribution in [3.8, 4) is 0 Å². The lowest BCUT2D eigenvalue weighted by atomic mass is 10.1. The summed E-state index contributed by atoms with van der Waals surface area (Å²) in [5.41, 5.74) is 0.866. The Morgan fingerprint density at radius 1 is 1.50 bits per heavy atom. The number of aromatic nitrogens is 1. The van der Waals surface area contributed by atoms with Gasteiger partial charge in [-0.1, -0.05) is 6.07 Å². The van der Waals surface area contributed by atoms with Gasteiger partial charge in [-0.05, 0) is 19.1 Å². The Morgan fingerprint density at radius 3 is 2.81 bits per heavy atom. The quantitative estimate of drug-likeness (QED) is 0.709. The smallest absolute Gasteiger partial charge is 0.315 e. The minimum atomic E-state index is -1.12. The monoisotopic (exact) mass is 222 g/mol. The Hall–Kier alpha value is -1.91. The first-order valence-electron chi connectivity index (χ1n) is 5.01. The number of amides is 1. The maximum absolute atomic E-state index is 11.3. The first-order valence-corrected chi connectivity index (χ1v) is 5.01. The van der Waals surface area contributed by atoms with Crippen LogP contribution >= 0.6 is 0 Å². The van der Waals surface area contributed by atoms with Crippen LogP contribution < -0.4 is 5.32 Å². The predicted molar refractivity (Wildman–Crippen MR) is 57.8 cm³/mol. The average Bonchev–Trinajstić information content (AvgIpc) is 2.29. The fraction of sp³-hybridized carbons (Fsp3) is 0.364. The van der Waals surface area contributed by atoms with Crippen molar-refractivity contribution >= 4 is 11.9 Å². The molecule has 5 heteroatoms. The molecule has 2 N–H and O–H groups in total. The summed E-state index contributed by atoms with van der Waals surface area (Å²) in [6.45, 7) is 1.76. The zero-order valence-corrected chi connectivity index (χ0v) is 9.01. The van der Waals surface area contributed by atoms with Gasteiger partial charge in [0, 0.05) is 24.9 Å². The molecule has 16 heavy (non-hydrogen) atoms. The zero-order chi connectivity index (χ0) is 12.0. The van der Waals surface area contributed by atoms with Crippen molar-refractivity contribution in [2.75, 3.05) is 6.54 Å². The third kappa shape index (κ3) is 3.68. The van der Waals surface area contributed by atoms with Crippen LogP contribution in [0.25, 0.3) is 0 Å². The van der Waals surface area contributed by atoms with Crippen molar-refractivity contribution < 1.29 is 14.7 Å². The lowest BCUT2D eigenvalue weighted by Gasteiger charge is -2.07. The Kier molecular flexibility index (Phi) is 4.44. The van der Waals surface area contributed by atoms with Gasteiger partial charge in [0.25, 0.3) is 0 Å². The van der Waals surface area contributed by atoms with Crippen LogP contribution in [0.5, 0.6) is 0 Å². The largest absolute Gasteiger partial charge is 0.481 e. The molecule has 0 fully saturated rings. The second kappa shape index (κ2) is 5.85. The number of carboxylic acid groups (broad SMARTS) is 1. The van der Waals surface area contributed by atoms with Crippen LogP contribution in [0.4, 0.5) is 0 Å². The molecule has 0 spiro atoms. The molecule has 1 aromatic rings. The van der Waals surface area contributed by atoms with Gasteiger partial charge in [0.15, 0.2) is 0 Å². The Balaban J connectivity index is 2.31. The molecule has 1 aromatic heterocycles. The van der Waals surface area contributed by atoms with Crippen molar-refractivity contribution in [1.82, 2.24) is 10.3 Å². The first kappa shape index (κ1) is 12.2. The molecular weight excluding hydrogens is 208 g/mol. The van der Waals surface area contributed by atoms with E-state index in [1.165, 1.54) is 6.92 Å². The van der Waals surface area contributed by atoms with Gasteiger partial charge in [-0.25, -0.2) is 0 Å². The minimum absolute atomic E-state index is 0.396. The number of carbonyl (C=O) groups excluding carboxylic acids is 1. The van der Waals surface area contributed by atoms with E-state index in [-0.39, 0.29) is 0 Å². The van der Waals surface area contributed by atoms with Gasteiger partial charge in [0.2, 0.25) is 5.91 Å². The summed E-state index contributed by atoms with van der Waals surface area (Å²) < 4.78 is 0. The van der Waals surface area contributed by atoms with Crippen LogP contribution in [0.2, 0.25) is 0 Å². The Bertz CT molecular complexity index is 365. The van der Waals surface area contributed by atoms with E-state index in [9.17, 15) is 9.59 Å². The van der Waals surface area contributed by atoms with Gasteiger partial charge in [0.05, 0.1) is 0 Å². The fourth-order valence-corrected chi connectivity index (χ4v) is 1.13. The number of nitrogens with zero attached hydrogens (tertiary/aromatic N) is 1. The molecule has 0 aromatic carbocycles. The maximum atomic E-state index is 11.3. The van der Waals surface area contributed by atoms with Gasteiger partial charge in [0.1, 0.15) is 5.92 Å². The van der Waals surface area contributed by atoms with Gasteiger partial charge in [-0.15, -0.1) is 0 Å². The average molecular weight is 222 g/mol. The molecule has 0 aliphatic rings. The summed E-state index contributed by atoms with van der Waals surface area (Å²) in [6, 6.07) is 5.53. The molecule has 86 valence electrons. The van der Waals surface area contributed by atoms with Crippen LogP contribution in [-0.4, -0.2) is 28.5 Å². The van der Waals surface area contributed by atoms with Crippen molar-refractivity contribution in [1.29, 1.82) is 0 Å². The molecule has 0 bridgehead atoms. The molecule has 1 unspecified atom stereocenters. The summed E-state index contributed by atoms with van der Waals surface area (Å²) in [4.78, 5) is 25.9. The molecule has 0 aliphatic carbocycles. The highest BCUT2D eigenvalue weighted by Gasteiger charge is 2.19. The molecule has 0 saturated carbocycles. The van der Waals surface area contributed by atoms with Crippen LogP contribution in [-0.2, 0) is 16.0 Å². The molecule has 5 nitrogen and oxygen atoms in total. The van der Waals surface area contributed by atoms with Crippen molar-refractivity contribution in [3.63, 3.8) is 0 Å². The summed E-state index contributed by atoms with van der Waals surface area (Å²) in [6.07, 6.45) is 2.27. The molecule has 1 atom stereocenters. The van der Waals surface area contributed by atoms with Gasteiger partial charge in [-0.3, -0.25) is 14.6 Å². The van der Waals surface area contributed by atoms with E-state index in [1.807, 2.05) is 18.2 Å². The van der Waals surface area contributed by atoms with Crippen LogP contribution in [0.1, 0.15) is 12.6 Å². The summed E-state index contributed by atoms with van der Waals surface area (Å²) in [5, 5.41) is 11.1. The number of aliphatic carboxylic acids is 1.